The molecular weight excluding hydrogens is 363 g/mol. The fraction of sp³-hybridized carbons (Fsp3) is 0.286. The van der Waals surface area contributed by atoms with Crippen molar-refractivity contribution in [1.82, 2.24) is 10.2 Å². The zero-order valence-electron chi connectivity index (χ0n) is 15.2. The number of amides is 2. The molecule has 0 aromatic heterocycles. The molecule has 0 bridgehead atoms. The van der Waals surface area contributed by atoms with Crippen molar-refractivity contribution in [2.24, 2.45) is 0 Å². The van der Waals surface area contributed by atoms with E-state index in [9.17, 15) is 23.9 Å². The lowest BCUT2D eigenvalue weighted by atomic mass is 9.73. The standard InChI is InChI=1S/C21H21FN2O4/c22-17-8-4-5-15(13-17)19(26)23-14-18(25)24-11-9-21(10-12-24,20(27)28)16-6-2-1-3-7-16/h1-8,13H,9-12,14H2,(H,23,26)(H,27,28). The van der Waals surface area contributed by atoms with Crippen molar-refractivity contribution >= 4 is 17.8 Å². The molecule has 0 aliphatic carbocycles. The first-order valence-corrected chi connectivity index (χ1v) is 9.03. The number of nitrogens with zero attached hydrogens (tertiary/aromatic N) is 1. The van der Waals surface area contributed by atoms with Gasteiger partial charge in [0.1, 0.15) is 5.82 Å². The van der Waals surface area contributed by atoms with E-state index in [1.165, 1.54) is 18.2 Å². The summed E-state index contributed by atoms with van der Waals surface area (Å²) in [5, 5.41) is 12.3. The van der Waals surface area contributed by atoms with Gasteiger partial charge in [0.2, 0.25) is 5.91 Å². The van der Waals surface area contributed by atoms with Gasteiger partial charge in [-0.25, -0.2) is 4.39 Å². The maximum absolute atomic E-state index is 13.2. The van der Waals surface area contributed by atoms with Crippen LogP contribution in [-0.4, -0.2) is 47.4 Å². The molecule has 0 unspecified atom stereocenters. The van der Waals surface area contributed by atoms with Crippen molar-refractivity contribution in [3.05, 3.63) is 71.5 Å². The summed E-state index contributed by atoms with van der Waals surface area (Å²) in [7, 11) is 0. The van der Waals surface area contributed by atoms with Gasteiger partial charge in [0.15, 0.2) is 0 Å². The fourth-order valence-corrected chi connectivity index (χ4v) is 3.52. The predicted octanol–water partition coefficient (Wildman–Crippen LogP) is 2.20. The summed E-state index contributed by atoms with van der Waals surface area (Å²) in [6, 6.07) is 14.3. The largest absolute Gasteiger partial charge is 0.481 e. The smallest absolute Gasteiger partial charge is 0.314 e. The van der Waals surface area contributed by atoms with E-state index in [0.29, 0.717) is 12.8 Å². The molecule has 2 amide bonds. The van der Waals surface area contributed by atoms with Crippen LogP contribution in [0.5, 0.6) is 0 Å². The summed E-state index contributed by atoms with van der Waals surface area (Å²) >= 11 is 0. The van der Waals surface area contributed by atoms with Crippen molar-refractivity contribution in [2.75, 3.05) is 19.6 Å². The van der Waals surface area contributed by atoms with E-state index in [0.717, 1.165) is 11.6 Å². The van der Waals surface area contributed by atoms with Crippen molar-refractivity contribution < 1.29 is 23.9 Å². The van der Waals surface area contributed by atoms with Gasteiger partial charge in [-0.2, -0.15) is 0 Å². The zero-order chi connectivity index (χ0) is 20.1. The molecule has 1 heterocycles. The van der Waals surface area contributed by atoms with Crippen molar-refractivity contribution in [3.8, 4) is 0 Å². The van der Waals surface area contributed by atoms with Crippen LogP contribution in [0.3, 0.4) is 0 Å². The van der Waals surface area contributed by atoms with Crippen molar-refractivity contribution in [2.45, 2.75) is 18.3 Å². The molecule has 1 aliphatic heterocycles. The number of nitrogens with one attached hydrogen (secondary N) is 1. The minimum Gasteiger partial charge on any atom is -0.481 e. The van der Waals surface area contributed by atoms with Gasteiger partial charge >= 0.3 is 5.97 Å². The molecule has 2 aromatic carbocycles. The lowest BCUT2D eigenvalue weighted by Crippen LogP contribution is -2.51. The van der Waals surface area contributed by atoms with E-state index in [1.54, 1.807) is 29.2 Å². The molecule has 28 heavy (non-hydrogen) atoms. The average Bonchev–Trinajstić information content (AvgIpc) is 2.72. The number of carboxylic acid groups (broad SMARTS) is 1. The van der Waals surface area contributed by atoms with Gasteiger partial charge in [-0.05, 0) is 36.6 Å². The third-order valence-corrected chi connectivity index (χ3v) is 5.19. The number of halogens is 1. The summed E-state index contributed by atoms with van der Waals surface area (Å²) < 4.78 is 13.2. The lowest BCUT2D eigenvalue weighted by Gasteiger charge is -2.39. The third-order valence-electron chi connectivity index (χ3n) is 5.19. The highest BCUT2D eigenvalue weighted by molar-refractivity contribution is 5.96. The third kappa shape index (κ3) is 4.03. The summed E-state index contributed by atoms with van der Waals surface area (Å²) in [6.07, 6.45) is 0.603. The summed E-state index contributed by atoms with van der Waals surface area (Å²) in [4.78, 5) is 38.0. The fourth-order valence-electron chi connectivity index (χ4n) is 3.52. The van der Waals surface area contributed by atoms with E-state index in [4.69, 9.17) is 0 Å². The monoisotopic (exact) mass is 384 g/mol. The average molecular weight is 384 g/mol. The topological polar surface area (TPSA) is 86.7 Å². The second-order valence-electron chi connectivity index (χ2n) is 6.83. The number of hydrogen-bond acceptors (Lipinski definition) is 3. The molecule has 2 aromatic rings. The molecular formula is C21H21FN2O4. The maximum Gasteiger partial charge on any atom is 0.314 e. The summed E-state index contributed by atoms with van der Waals surface area (Å²) in [5.41, 5.74) is -0.141. The van der Waals surface area contributed by atoms with Gasteiger partial charge in [0.05, 0.1) is 12.0 Å². The van der Waals surface area contributed by atoms with E-state index in [2.05, 4.69) is 5.32 Å². The quantitative estimate of drug-likeness (QED) is 0.828. The molecule has 2 N–H and O–H groups in total. The first-order valence-electron chi connectivity index (χ1n) is 9.03. The zero-order valence-corrected chi connectivity index (χ0v) is 15.2. The van der Waals surface area contributed by atoms with Crippen molar-refractivity contribution in [1.29, 1.82) is 0 Å². The summed E-state index contributed by atoms with van der Waals surface area (Å²) in [5.74, 6) is -2.25. The molecule has 0 saturated carbocycles. The molecule has 1 saturated heterocycles. The number of benzene rings is 2. The van der Waals surface area contributed by atoms with Gasteiger partial charge in [-0.15, -0.1) is 0 Å². The first-order chi connectivity index (χ1) is 13.4. The van der Waals surface area contributed by atoms with Gasteiger partial charge in [-0.3, -0.25) is 14.4 Å². The maximum atomic E-state index is 13.2. The highest BCUT2D eigenvalue weighted by Crippen LogP contribution is 2.35. The Kier molecular flexibility index (Phi) is 5.73. The van der Waals surface area contributed by atoms with Crippen LogP contribution in [0.1, 0.15) is 28.8 Å². The van der Waals surface area contributed by atoms with Crippen LogP contribution in [0, 0.1) is 5.82 Å². The van der Waals surface area contributed by atoms with Crippen LogP contribution in [0.25, 0.3) is 0 Å². The molecule has 146 valence electrons. The normalized spacial score (nSPS) is 15.7. The predicted molar refractivity (Wildman–Crippen MR) is 100 cm³/mol. The number of carboxylic acids is 1. The lowest BCUT2D eigenvalue weighted by molar-refractivity contribution is -0.148. The van der Waals surface area contributed by atoms with Crippen LogP contribution in [0.15, 0.2) is 54.6 Å². The molecule has 6 nitrogen and oxygen atoms in total. The molecule has 0 radical (unpaired) electrons. The number of aliphatic carboxylic acids is 1. The number of carbonyl (C=O) groups is 3. The Hall–Kier alpha value is -3.22. The Morgan fingerprint density at radius 2 is 1.71 bits per heavy atom. The highest BCUT2D eigenvalue weighted by atomic mass is 19.1. The van der Waals surface area contributed by atoms with Crippen LogP contribution in [0.4, 0.5) is 4.39 Å². The van der Waals surface area contributed by atoms with Crippen LogP contribution in [0.2, 0.25) is 0 Å². The number of hydrogen-bond donors (Lipinski definition) is 2. The van der Waals surface area contributed by atoms with E-state index in [1.807, 2.05) is 6.07 Å². The van der Waals surface area contributed by atoms with Crippen LogP contribution in [-0.2, 0) is 15.0 Å². The van der Waals surface area contributed by atoms with E-state index < -0.39 is 23.1 Å². The number of carbonyl (C=O) groups excluding carboxylic acids is 2. The molecule has 1 fully saturated rings. The second kappa shape index (κ2) is 8.21. The molecule has 0 spiro atoms. The Morgan fingerprint density at radius 3 is 2.32 bits per heavy atom. The van der Waals surface area contributed by atoms with Gasteiger partial charge < -0.3 is 15.3 Å². The van der Waals surface area contributed by atoms with E-state index >= 15 is 0 Å². The SMILES string of the molecule is O=C(NCC(=O)N1CCC(C(=O)O)(c2ccccc2)CC1)c1cccc(F)c1. The first kappa shape index (κ1) is 19.5. The number of rotatable bonds is 5. The van der Waals surface area contributed by atoms with Gasteiger partial charge in [0, 0.05) is 18.7 Å². The van der Waals surface area contributed by atoms with Crippen LogP contribution < -0.4 is 5.32 Å². The molecule has 1 aliphatic rings. The highest BCUT2D eigenvalue weighted by Gasteiger charge is 2.43. The number of piperidine rings is 1. The van der Waals surface area contributed by atoms with Crippen LogP contribution >= 0.6 is 0 Å². The molecule has 7 heteroatoms. The Balaban J connectivity index is 1.59. The number of likely N-dealkylation sites (tertiary alicyclic amines) is 1. The molecule has 3 rings (SSSR count). The van der Waals surface area contributed by atoms with E-state index in [-0.39, 0.29) is 31.1 Å². The van der Waals surface area contributed by atoms with Gasteiger partial charge in [-0.1, -0.05) is 36.4 Å². The summed E-state index contributed by atoms with van der Waals surface area (Å²) in [6.45, 7) is 0.354. The Morgan fingerprint density at radius 1 is 1.04 bits per heavy atom. The molecule has 0 atom stereocenters. The van der Waals surface area contributed by atoms with Crippen molar-refractivity contribution in [3.63, 3.8) is 0 Å². The van der Waals surface area contributed by atoms with Gasteiger partial charge in [0.25, 0.3) is 5.91 Å². The minimum absolute atomic E-state index is 0.139. The Labute approximate surface area is 162 Å². The second-order valence-corrected chi connectivity index (χ2v) is 6.83. The minimum atomic E-state index is -1.01. The Bertz CT molecular complexity index is 877.